The molecular formula is C19H21N7O. The molecule has 0 spiro atoms. The Morgan fingerprint density at radius 3 is 2.70 bits per heavy atom. The van der Waals surface area contributed by atoms with Gasteiger partial charge in [0.1, 0.15) is 12.4 Å². The second-order valence-electron chi connectivity index (χ2n) is 6.75. The highest BCUT2D eigenvalue weighted by atomic mass is 16.1. The molecule has 8 heteroatoms. The zero-order valence-corrected chi connectivity index (χ0v) is 15.7. The van der Waals surface area contributed by atoms with Crippen molar-refractivity contribution in [3.8, 4) is 0 Å². The zero-order chi connectivity index (χ0) is 19.1. The van der Waals surface area contributed by atoms with Gasteiger partial charge >= 0.3 is 0 Å². The summed E-state index contributed by atoms with van der Waals surface area (Å²) < 4.78 is 3.46. The van der Waals surface area contributed by atoms with Crippen molar-refractivity contribution in [3.63, 3.8) is 0 Å². The van der Waals surface area contributed by atoms with Crippen molar-refractivity contribution >= 4 is 17.5 Å². The topological polar surface area (TPSA) is 89.7 Å². The predicted octanol–water partition coefficient (Wildman–Crippen LogP) is 2.56. The Morgan fingerprint density at radius 2 is 2.00 bits per heavy atom. The minimum Gasteiger partial charge on any atom is -0.328 e. The van der Waals surface area contributed by atoms with E-state index in [0.29, 0.717) is 11.5 Å². The molecule has 2 N–H and O–H groups in total. The lowest BCUT2D eigenvalue weighted by molar-refractivity contribution is -0.113. The van der Waals surface area contributed by atoms with Crippen molar-refractivity contribution in [1.29, 1.82) is 0 Å². The van der Waals surface area contributed by atoms with Gasteiger partial charge in [-0.25, -0.2) is 4.68 Å². The second-order valence-corrected chi connectivity index (χ2v) is 6.75. The van der Waals surface area contributed by atoms with Gasteiger partial charge in [-0.2, -0.15) is 15.2 Å². The van der Waals surface area contributed by atoms with Gasteiger partial charge in [-0.1, -0.05) is 17.7 Å². The summed E-state index contributed by atoms with van der Waals surface area (Å²) in [5.74, 6) is 0.418. The van der Waals surface area contributed by atoms with Gasteiger partial charge in [0.05, 0.1) is 11.3 Å². The molecule has 2 aromatic heterocycles. The molecule has 4 rings (SSSR count). The number of hydrogen-bond donors (Lipinski definition) is 2. The molecule has 1 amide bonds. The van der Waals surface area contributed by atoms with Gasteiger partial charge in [0.15, 0.2) is 0 Å². The van der Waals surface area contributed by atoms with Crippen molar-refractivity contribution in [3.05, 3.63) is 64.9 Å². The van der Waals surface area contributed by atoms with E-state index in [-0.39, 0.29) is 5.91 Å². The molecule has 0 saturated carbocycles. The Balaban J connectivity index is 1.77. The minimum absolute atomic E-state index is 0.181. The second kappa shape index (κ2) is 6.39. The van der Waals surface area contributed by atoms with Crippen LogP contribution in [0, 0.1) is 13.8 Å². The molecule has 1 aliphatic rings. The van der Waals surface area contributed by atoms with Crippen molar-refractivity contribution in [1.82, 2.24) is 24.5 Å². The first-order valence-corrected chi connectivity index (χ1v) is 8.69. The summed E-state index contributed by atoms with van der Waals surface area (Å²) in [6, 6.07) is 7.43. The van der Waals surface area contributed by atoms with E-state index in [0.717, 1.165) is 28.2 Å². The predicted molar refractivity (Wildman–Crippen MR) is 102 cm³/mol. The van der Waals surface area contributed by atoms with E-state index in [2.05, 4.69) is 25.8 Å². The molecule has 138 valence electrons. The molecule has 3 aromatic rings. The number of carbonyl (C=O) groups excluding carboxylic acids is 1. The van der Waals surface area contributed by atoms with E-state index >= 15 is 0 Å². The highest BCUT2D eigenvalue weighted by Crippen LogP contribution is 2.35. The maximum atomic E-state index is 13.3. The standard InChI is InChI=1S/C19H21N7O/c1-11-5-6-14(12(2)9-11)24-18(27)16-13(3)23-19-20-10-22-26(19)17(16)15-7-8-21-25(15)4/h5-10,17H,1-4H3,(H,24,27)(H,20,22,23)/t17-/m1/s1. The molecular weight excluding hydrogens is 342 g/mol. The van der Waals surface area contributed by atoms with Crippen LogP contribution in [0.3, 0.4) is 0 Å². The maximum absolute atomic E-state index is 13.3. The number of allylic oxidation sites excluding steroid dienone is 1. The quantitative estimate of drug-likeness (QED) is 0.746. The lowest BCUT2D eigenvalue weighted by atomic mass is 9.99. The Bertz CT molecular complexity index is 1060. The highest BCUT2D eigenvalue weighted by Gasteiger charge is 2.35. The number of rotatable bonds is 3. The van der Waals surface area contributed by atoms with Crippen LogP contribution in [-0.4, -0.2) is 30.5 Å². The summed E-state index contributed by atoms with van der Waals surface area (Å²) in [5, 5.41) is 14.8. The summed E-state index contributed by atoms with van der Waals surface area (Å²) in [6.45, 7) is 5.89. The van der Waals surface area contributed by atoms with Crippen LogP contribution in [0.25, 0.3) is 0 Å². The normalized spacial score (nSPS) is 16.1. The largest absolute Gasteiger partial charge is 0.328 e. The molecule has 27 heavy (non-hydrogen) atoms. The van der Waals surface area contributed by atoms with Gasteiger partial charge in [0.2, 0.25) is 5.95 Å². The number of anilines is 2. The maximum Gasteiger partial charge on any atom is 0.255 e. The van der Waals surface area contributed by atoms with Gasteiger partial charge in [-0.15, -0.1) is 0 Å². The molecule has 0 radical (unpaired) electrons. The summed E-state index contributed by atoms with van der Waals surface area (Å²) in [5.41, 5.74) is 5.14. The van der Waals surface area contributed by atoms with Crippen LogP contribution in [0.2, 0.25) is 0 Å². The van der Waals surface area contributed by atoms with Gasteiger partial charge in [-0.3, -0.25) is 9.48 Å². The fraction of sp³-hybridized carbons (Fsp3) is 0.263. The van der Waals surface area contributed by atoms with Gasteiger partial charge in [0.25, 0.3) is 5.91 Å². The Hall–Kier alpha value is -3.42. The minimum atomic E-state index is -0.415. The molecule has 0 aliphatic carbocycles. The van der Waals surface area contributed by atoms with Crippen LogP contribution < -0.4 is 10.6 Å². The molecule has 0 fully saturated rings. The van der Waals surface area contributed by atoms with Crippen LogP contribution >= 0.6 is 0 Å². The van der Waals surface area contributed by atoms with Crippen molar-refractivity contribution < 1.29 is 4.79 Å². The number of carbonyl (C=O) groups is 1. The van der Waals surface area contributed by atoms with Gasteiger partial charge in [0, 0.05) is 24.6 Å². The SMILES string of the molecule is CC1=C(C(=O)Nc2ccc(C)cc2C)[C@@H](c2ccnn2C)n2ncnc2N1. The molecule has 0 bridgehead atoms. The zero-order valence-electron chi connectivity index (χ0n) is 15.7. The first kappa shape index (κ1) is 17.0. The third kappa shape index (κ3) is 2.88. The number of aryl methyl sites for hydroxylation is 3. The summed E-state index contributed by atoms with van der Waals surface area (Å²) in [4.78, 5) is 17.5. The third-order valence-corrected chi connectivity index (χ3v) is 4.81. The fourth-order valence-electron chi connectivity index (χ4n) is 3.45. The molecule has 0 saturated heterocycles. The van der Waals surface area contributed by atoms with E-state index in [1.54, 1.807) is 15.6 Å². The number of nitrogens with one attached hydrogen (secondary N) is 2. The number of nitrogens with zero attached hydrogens (tertiary/aromatic N) is 5. The van der Waals surface area contributed by atoms with E-state index in [4.69, 9.17) is 0 Å². The fourth-order valence-corrected chi connectivity index (χ4v) is 3.45. The van der Waals surface area contributed by atoms with Crippen molar-refractivity contribution in [2.75, 3.05) is 10.6 Å². The monoisotopic (exact) mass is 363 g/mol. The van der Waals surface area contributed by atoms with Crippen LogP contribution in [0.15, 0.2) is 48.1 Å². The number of aromatic nitrogens is 5. The first-order valence-electron chi connectivity index (χ1n) is 8.69. The highest BCUT2D eigenvalue weighted by molar-refractivity contribution is 6.06. The van der Waals surface area contributed by atoms with E-state index in [9.17, 15) is 4.79 Å². The Morgan fingerprint density at radius 1 is 1.19 bits per heavy atom. The van der Waals surface area contributed by atoms with Gasteiger partial charge in [-0.05, 0) is 38.5 Å². The number of fused-ring (bicyclic) bond motifs is 1. The molecule has 1 atom stereocenters. The lowest BCUT2D eigenvalue weighted by Gasteiger charge is -2.28. The molecule has 1 aliphatic heterocycles. The van der Waals surface area contributed by atoms with Gasteiger partial charge < -0.3 is 10.6 Å². The molecule has 1 aromatic carbocycles. The lowest BCUT2D eigenvalue weighted by Crippen LogP contribution is -2.32. The van der Waals surface area contributed by atoms with Crippen LogP contribution in [0.5, 0.6) is 0 Å². The number of hydrogen-bond acceptors (Lipinski definition) is 5. The molecule has 0 unspecified atom stereocenters. The molecule has 3 heterocycles. The summed E-state index contributed by atoms with van der Waals surface area (Å²) >= 11 is 0. The Kier molecular flexibility index (Phi) is 4.02. The van der Waals surface area contributed by atoms with Crippen molar-refractivity contribution in [2.45, 2.75) is 26.8 Å². The van der Waals surface area contributed by atoms with Crippen LogP contribution in [-0.2, 0) is 11.8 Å². The smallest absolute Gasteiger partial charge is 0.255 e. The summed E-state index contributed by atoms with van der Waals surface area (Å²) in [6.07, 6.45) is 3.19. The average molecular weight is 363 g/mol. The molecule has 8 nitrogen and oxygen atoms in total. The van der Waals surface area contributed by atoms with E-state index in [1.807, 2.05) is 52.1 Å². The first-order chi connectivity index (χ1) is 13.0. The average Bonchev–Trinajstić information content (AvgIpc) is 3.24. The van der Waals surface area contributed by atoms with Crippen molar-refractivity contribution in [2.24, 2.45) is 7.05 Å². The number of amides is 1. The van der Waals surface area contributed by atoms with E-state index < -0.39 is 6.04 Å². The van der Waals surface area contributed by atoms with Crippen LogP contribution in [0.1, 0.15) is 29.8 Å². The van der Waals surface area contributed by atoms with E-state index in [1.165, 1.54) is 6.33 Å². The summed E-state index contributed by atoms with van der Waals surface area (Å²) in [7, 11) is 1.85. The number of benzene rings is 1. The third-order valence-electron chi connectivity index (χ3n) is 4.81. The van der Waals surface area contributed by atoms with Crippen LogP contribution in [0.4, 0.5) is 11.6 Å². The Labute approximate surface area is 156 Å².